The second-order valence-electron chi connectivity index (χ2n) is 5.45. The van der Waals surface area contributed by atoms with Gasteiger partial charge in [-0.25, -0.2) is 0 Å². The van der Waals surface area contributed by atoms with E-state index in [1.807, 2.05) is 31.2 Å². The lowest BCUT2D eigenvalue weighted by Crippen LogP contribution is -2.05. The fraction of sp³-hybridized carbons (Fsp3) is 0.167. The predicted molar refractivity (Wildman–Crippen MR) is 87.3 cm³/mol. The first kappa shape index (κ1) is 13.4. The second kappa shape index (κ2) is 5.09. The van der Waals surface area contributed by atoms with E-state index < -0.39 is 0 Å². The minimum absolute atomic E-state index is 0.0596. The Morgan fingerprint density at radius 1 is 1.00 bits per heavy atom. The molecule has 3 rings (SSSR count). The Morgan fingerprint density at radius 3 is 2.57 bits per heavy atom. The number of carbonyl (C=O) groups excluding carboxylic acids is 1. The Balaban J connectivity index is 1.94. The number of nitrogens with one attached hydrogen (secondary N) is 2. The van der Waals surface area contributed by atoms with E-state index in [4.69, 9.17) is 0 Å². The average Bonchev–Trinajstić information content (AvgIpc) is 2.77. The number of aryl methyl sites for hydroxylation is 3. The maximum absolute atomic E-state index is 12.1. The summed E-state index contributed by atoms with van der Waals surface area (Å²) in [4.78, 5) is 12.1. The summed E-state index contributed by atoms with van der Waals surface area (Å²) in [7, 11) is 0. The van der Waals surface area contributed by atoms with Crippen molar-refractivity contribution < 1.29 is 4.79 Å². The van der Waals surface area contributed by atoms with Crippen LogP contribution in [0.4, 0.5) is 11.4 Å². The van der Waals surface area contributed by atoms with Gasteiger partial charge in [-0.3, -0.25) is 4.79 Å². The number of hydrogen-bond acceptors (Lipinski definition) is 2. The first-order valence-corrected chi connectivity index (χ1v) is 7.01. The smallest absolute Gasteiger partial charge is 0.257 e. The largest absolute Gasteiger partial charge is 0.361 e. The van der Waals surface area contributed by atoms with E-state index in [-0.39, 0.29) is 5.91 Å². The van der Waals surface area contributed by atoms with Crippen LogP contribution in [0.15, 0.2) is 42.6 Å². The van der Waals surface area contributed by atoms with Crippen LogP contribution in [0, 0.1) is 20.8 Å². The maximum Gasteiger partial charge on any atom is 0.257 e. The van der Waals surface area contributed by atoms with Crippen LogP contribution >= 0.6 is 0 Å². The van der Waals surface area contributed by atoms with Crippen LogP contribution in [0.1, 0.15) is 22.3 Å². The van der Waals surface area contributed by atoms with Gasteiger partial charge in [-0.15, -0.1) is 0 Å². The summed E-state index contributed by atoms with van der Waals surface area (Å²) in [6.45, 7) is 6.18. The number of fused-ring (bicyclic) bond motifs is 1. The van der Waals surface area contributed by atoms with Gasteiger partial charge in [-0.2, -0.15) is 0 Å². The second-order valence-corrected chi connectivity index (χ2v) is 5.45. The first-order valence-electron chi connectivity index (χ1n) is 7.01. The highest BCUT2D eigenvalue weighted by atomic mass is 16.2. The molecule has 2 aromatic rings. The summed E-state index contributed by atoms with van der Waals surface area (Å²) in [5.41, 5.74) is 7.12. The fourth-order valence-electron chi connectivity index (χ4n) is 2.56. The van der Waals surface area contributed by atoms with E-state index in [1.54, 1.807) is 6.20 Å². The molecular formula is C18H18N2O. The number of rotatable bonds is 2. The van der Waals surface area contributed by atoms with Crippen molar-refractivity contribution in [1.29, 1.82) is 0 Å². The zero-order chi connectivity index (χ0) is 15.0. The molecule has 0 saturated heterocycles. The summed E-state index contributed by atoms with van der Waals surface area (Å²) in [5, 5.41) is 6.13. The fourth-order valence-corrected chi connectivity index (χ4v) is 2.56. The molecule has 0 radical (unpaired) electrons. The van der Waals surface area contributed by atoms with Crippen molar-refractivity contribution in [2.45, 2.75) is 20.8 Å². The molecule has 3 nitrogen and oxygen atoms in total. The van der Waals surface area contributed by atoms with Gasteiger partial charge in [0.05, 0.1) is 5.57 Å². The van der Waals surface area contributed by atoms with Crippen molar-refractivity contribution in [3.63, 3.8) is 0 Å². The van der Waals surface area contributed by atoms with Gasteiger partial charge in [-0.05, 0) is 55.7 Å². The molecule has 0 fully saturated rings. The Kier molecular flexibility index (Phi) is 3.26. The van der Waals surface area contributed by atoms with Crippen LogP contribution in [0.25, 0.3) is 5.57 Å². The molecule has 0 spiro atoms. The predicted octanol–water partition coefficient (Wildman–Crippen LogP) is 4.02. The highest BCUT2D eigenvalue weighted by Gasteiger charge is 2.25. The summed E-state index contributed by atoms with van der Waals surface area (Å²) in [5.74, 6) is -0.0596. The van der Waals surface area contributed by atoms with Crippen molar-refractivity contribution in [3.05, 3.63) is 64.9 Å². The molecule has 106 valence electrons. The minimum atomic E-state index is -0.0596. The van der Waals surface area contributed by atoms with Crippen LogP contribution in [0.5, 0.6) is 0 Å². The van der Waals surface area contributed by atoms with Gasteiger partial charge in [0.1, 0.15) is 0 Å². The first-order chi connectivity index (χ1) is 10.1. The molecule has 1 aliphatic rings. The van der Waals surface area contributed by atoms with E-state index in [0.29, 0.717) is 5.57 Å². The quantitative estimate of drug-likeness (QED) is 0.815. The van der Waals surface area contributed by atoms with Crippen LogP contribution in [-0.2, 0) is 4.79 Å². The number of amides is 1. The van der Waals surface area contributed by atoms with Gasteiger partial charge in [0.25, 0.3) is 5.91 Å². The van der Waals surface area contributed by atoms with E-state index in [1.165, 1.54) is 11.1 Å². The van der Waals surface area contributed by atoms with E-state index in [0.717, 1.165) is 22.5 Å². The van der Waals surface area contributed by atoms with Crippen molar-refractivity contribution in [2.75, 3.05) is 10.6 Å². The van der Waals surface area contributed by atoms with Gasteiger partial charge in [0.2, 0.25) is 0 Å². The van der Waals surface area contributed by atoms with Crippen molar-refractivity contribution in [2.24, 2.45) is 0 Å². The Morgan fingerprint density at radius 2 is 1.81 bits per heavy atom. The van der Waals surface area contributed by atoms with E-state index in [2.05, 4.69) is 36.6 Å². The molecular weight excluding hydrogens is 260 g/mol. The molecule has 0 aliphatic carbocycles. The molecule has 1 aliphatic heterocycles. The highest BCUT2D eigenvalue weighted by molar-refractivity contribution is 6.32. The van der Waals surface area contributed by atoms with Crippen LogP contribution in [-0.4, -0.2) is 5.91 Å². The molecule has 0 aromatic heterocycles. The lowest BCUT2D eigenvalue weighted by Gasteiger charge is -2.07. The lowest BCUT2D eigenvalue weighted by molar-refractivity contribution is -0.110. The Hall–Kier alpha value is -2.55. The molecule has 1 amide bonds. The molecule has 0 unspecified atom stereocenters. The Bertz CT molecular complexity index is 760. The van der Waals surface area contributed by atoms with Gasteiger partial charge in [-0.1, -0.05) is 18.2 Å². The average molecular weight is 278 g/mol. The van der Waals surface area contributed by atoms with Gasteiger partial charge in [0, 0.05) is 23.1 Å². The molecule has 0 atom stereocenters. The number of hydrogen-bond donors (Lipinski definition) is 2. The van der Waals surface area contributed by atoms with Crippen LogP contribution in [0.2, 0.25) is 0 Å². The topological polar surface area (TPSA) is 41.1 Å². The zero-order valence-corrected chi connectivity index (χ0v) is 12.4. The molecule has 3 heteroatoms. The zero-order valence-electron chi connectivity index (χ0n) is 12.4. The molecule has 1 heterocycles. The standard InChI is InChI=1S/C18H18N2O/c1-11-7-8-14(9-13(11)3)19-10-15-17-12(2)5-4-6-16(17)20-18(15)21/h4-10,19H,1-3H3,(H,20,21)/b15-10+. The van der Waals surface area contributed by atoms with E-state index in [9.17, 15) is 4.79 Å². The number of carbonyl (C=O) groups is 1. The molecule has 0 saturated carbocycles. The van der Waals surface area contributed by atoms with Gasteiger partial charge >= 0.3 is 0 Å². The van der Waals surface area contributed by atoms with Crippen LogP contribution < -0.4 is 10.6 Å². The Labute approximate surface area is 124 Å². The normalized spacial score (nSPS) is 15.0. The highest BCUT2D eigenvalue weighted by Crippen LogP contribution is 2.34. The van der Waals surface area contributed by atoms with E-state index >= 15 is 0 Å². The van der Waals surface area contributed by atoms with Crippen molar-refractivity contribution in [3.8, 4) is 0 Å². The molecule has 21 heavy (non-hydrogen) atoms. The number of benzene rings is 2. The third-order valence-electron chi connectivity index (χ3n) is 3.93. The lowest BCUT2D eigenvalue weighted by atomic mass is 10.0. The third kappa shape index (κ3) is 2.42. The molecule has 2 N–H and O–H groups in total. The van der Waals surface area contributed by atoms with Gasteiger partial charge in [0.15, 0.2) is 0 Å². The minimum Gasteiger partial charge on any atom is -0.361 e. The van der Waals surface area contributed by atoms with Gasteiger partial charge < -0.3 is 10.6 Å². The summed E-state index contributed by atoms with van der Waals surface area (Å²) < 4.78 is 0. The number of anilines is 2. The van der Waals surface area contributed by atoms with Crippen molar-refractivity contribution >= 4 is 22.9 Å². The monoisotopic (exact) mass is 278 g/mol. The van der Waals surface area contributed by atoms with Crippen molar-refractivity contribution in [1.82, 2.24) is 0 Å². The third-order valence-corrected chi connectivity index (χ3v) is 3.93. The summed E-state index contributed by atoms with van der Waals surface area (Å²) in [6, 6.07) is 12.1. The van der Waals surface area contributed by atoms with Crippen LogP contribution in [0.3, 0.4) is 0 Å². The molecule has 2 aromatic carbocycles. The summed E-state index contributed by atoms with van der Waals surface area (Å²) in [6.07, 6.45) is 1.79. The SMILES string of the molecule is Cc1ccc(N/C=C2/C(=O)Nc3cccc(C)c32)cc1C. The summed E-state index contributed by atoms with van der Waals surface area (Å²) >= 11 is 0. The maximum atomic E-state index is 12.1. The molecule has 0 bridgehead atoms.